The fourth-order valence-electron chi connectivity index (χ4n) is 1.59. The van der Waals surface area contributed by atoms with E-state index < -0.39 is 5.97 Å². The second-order valence-electron chi connectivity index (χ2n) is 3.48. The molecule has 0 aliphatic carbocycles. The summed E-state index contributed by atoms with van der Waals surface area (Å²) in [5.74, 6) is -0.966. The summed E-state index contributed by atoms with van der Waals surface area (Å²) in [5, 5.41) is 9.95. The Labute approximate surface area is 108 Å². The minimum atomic E-state index is -0.966. The molecule has 2 aromatic carbocycles. The van der Waals surface area contributed by atoms with Crippen LogP contribution in [0.5, 0.6) is 0 Å². The lowest BCUT2D eigenvalue weighted by molar-refractivity contribution is 0.0698. The molecule has 0 unspecified atom stereocenters. The zero-order chi connectivity index (χ0) is 12.4. The van der Waals surface area contributed by atoms with Gasteiger partial charge in [-0.3, -0.25) is 0 Å². The highest BCUT2D eigenvalue weighted by Gasteiger charge is 2.11. The average Bonchev–Trinajstić information content (AvgIpc) is 2.32. The van der Waals surface area contributed by atoms with E-state index in [9.17, 15) is 4.79 Å². The molecule has 0 aromatic heterocycles. The standard InChI is InChI=1S/C13H8Cl2O2/c14-11-6-5-8(7-12(11)15)9-3-1-2-4-10(9)13(16)17/h1-7H,(H,16,17). The molecule has 2 nitrogen and oxygen atoms in total. The van der Waals surface area contributed by atoms with E-state index in [2.05, 4.69) is 0 Å². The lowest BCUT2D eigenvalue weighted by Gasteiger charge is -2.07. The van der Waals surface area contributed by atoms with Crippen molar-refractivity contribution >= 4 is 29.2 Å². The van der Waals surface area contributed by atoms with E-state index in [1.54, 1.807) is 42.5 Å². The van der Waals surface area contributed by atoms with Gasteiger partial charge in [-0.15, -0.1) is 0 Å². The number of benzene rings is 2. The maximum absolute atomic E-state index is 11.1. The summed E-state index contributed by atoms with van der Waals surface area (Å²) in [6.07, 6.45) is 0. The molecule has 0 aliphatic heterocycles. The fraction of sp³-hybridized carbons (Fsp3) is 0. The number of hydrogen-bond acceptors (Lipinski definition) is 1. The van der Waals surface area contributed by atoms with Crippen molar-refractivity contribution in [1.29, 1.82) is 0 Å². The van der Waals surface area contributed by atoms with Crippen molar-refractivity contribution in [2.24, 2.45) is 0 Å². The molecule has 0 atom stereocenters. The monoisotopic (exact) mass is 266 g/mol. The number of carbonyl (C=O) groups is 1. The normalized spacial score (nSPS) is 10.2. The van der Waals surface area contributed by atoms with Gasteiger partial charge in [-0.2, -0.15) is 0 Å². The summed E-state index contributed by atoms with van der Waals surface area (Å²) in [4.78, 5) is 11.1. The van der Waals surface area contributed by atoms with Gasteiger partial charge in [0, 0.05) is 0 Å². The molecule has 0 radical (unpaired) electrons. The lowest BCUT2D eigenvalue weighted by Crippen LogP contribution is -1.98. The number of aromatic carboxylic acids is 1. The molecule has 0 bridgehead atoms. The van der Waals surface area contributed by atoms with Crippen molar-refractivity contribution in [3.63, 3.8) is 0 Å². The first-order valence-corrected chi connectivity index (χ1v) is 5.63. The second-order valence-corrected chi connectivity index (χ2v) is 4.29. The van der Waals surface area contributed by atoms with E-state index in [1.807, 2.05) is 0 Å². The summed E-state index contributed by atoms with van der Waals surface area (Å²) in [6.45, 7) is 0. The Morgan fingerprint density at radius 2 is 1.71 bits per heavy atom. The van der Waals surface area contributed by atoms with Crippen LogP contribution in [-0.2, 0) is 0 Å². The third-order valence-electron chi connectivity index (χ3n) is 2.39. The Morgan fingerprint density at radius 3 is 2.35 bits per heavy atom. The van der Waals surface area contributed by atoms with Gasteiger partial charge in [-0.25, -0.2) is 4.79 Å². The topological polar surface area (TPSA) is 37.3 Å². The van der Waals surface area contributed by atoms with Crippen LogP contribution >= 0.6 is 23.2 Å². The molecular formula is C13H8Cl2O2. The van der Waals surface area contributed by atoms with Crippen molar-refractivity contribution in [3.8, 4) is 11.1 Å². The predicted octanol–water partition coefficient (Wildman–Crippen LogP) is 4.36. The van der Waals surface area contributed by atoms with Gasteiger partial charge in [0.05, 0.1) is 15.6 Å². The summed E-state index contributed by atoms with van der Waals surface area (Å²) >= 11 is 11.7. The Balaban J connectivity index is 2.60. The molecule has 17 heavy (non-hydrogen) atoms. The number of rotatable bonds is 2. The van der Waals surface area contributed by atoms with Crippen LogP contribution in [0.3, 0.4) is 0 Å². The molecule has 0 saturated heterocycles. The van der Waals surface area contributed by atoms with Crippen molar-refractivity contribution < 1.29 is 9.90 Å². The highest BCUT2D eigenvalue weighted by molar-refractivity contribution is 6.42. The van der Waals surface area contributed by atoms with Gasteiger partial charge in [-0.1, -0.05) is 47.5 Å². The van der Waals surface area contributed by atoms with Crippen LogP contribution in [0.1, 0.15) is 10.4 Å². The molecule has 2 aromatic rings. The highest BCUT2D eigenvalue weighted by Crippen LogP contribution is 2.30. The van der Waals surface area contributed by atoms with Crippen molar-refractivity contribution in [2.75, 3.05) is 0 Å². The molecule has 0 fully saturated rings. The highest BCUT2D eigenvalue weighted by atomic mass is 35.5. The Bertz CT molecular complexity index is 579. The summed E-state index contributed by atoms with van der Waals surface area (Å²) in [6, 6.07) is 11.8. The molecule has 0 spiro atoms. The van der Waals surface area contributed by atoms with E-state index in [-0.39, 0.29) is 5.56 Å². The van der Waals surface area contributed by atoms with Gasteiger partial charge in [0.15, 0.2) is 0 Å². The van der Waals surface area contributed by atoms with E-state index in [0.717, 1.165) is 5.56 Å². The minimum Gasteiger partial charge on any atom is -0.478 e. The first-order chi connectivity index (χ1) is 8.09. The van der Waals surface area contributed by atoms with E-state index in [4.69, 9.17) is 28.3 Å². The zero-order valence-corrected chi connectivity index (χ0v) is 10.2. The Kier molecular flexibility index (Phi) is 3.36. The number of hydrogen-bond donors (Lipinski definition) is 1. The number of carboxylic acid groups (broad SMARTS) is 1. The van der Waals surface area contributed by atoms with Gasteiger partial charge < -0.3 is 5.11 Å². The van der Waals surface area contributed by atoms with Gasteiger partial charge >= 0.3 is 5.97 Å². The van der Waals surface area contributed by atoms with E-state index in [1.165, 1.54) is 0 Å². The molecule has 2 rings (SSSR count). The Morgan fingerprint density at radius 1 is 1.00 bits per heavy atom. The SMILES string of the molecule is O=C(O)c1ccccc1-c1ccc(Cl)c(Cl)c1. The van der Waals surface area contributed by atoms with E-state index in [0.29, 0.717) is 15.6 Å². The summed E-state index contributed by atoms with van der Waals surface area (Å²) in [7, 11) is 0. The Hall–Kier alpha value is -1.51. The van der Waals surface area contributed by atoms with Crippen LogP contribution in [0, 0.1) is 0 Å². The second kappa shape index (κ2) is 4.78. The molecule has 0 aliphatic rings. The summed E-state index contributed by atoms with van der Waals surface area (Å²) < 4.78 is 0. The van der Waals surface area contributed by atoms with Gasteiger partial charge in [-0.05, 0) is 29.3 Å². The molecule has 1 N–H and O–H groups in total. The molecule has 0 saturated carbocycles. The number of carboxylic acids is 1. The largest absolute Gasteiger partial charge is 0.478 e. The smallest absolute Gasteiger partial charge is 0.336 e. The average molecular weight is 267 g/mol. The van der Waals surface area contributed by atoms with Crippen LogP contribution in [0.4, 0.5) is 0 Å². The summed E-state index contributed by atoms with van der Waals surface area (Å²) in [5.41, 5.74) is 1.60. The third-order valence-corrected chi connectivity index (χ3v) is 3.13. The van der Waals surface area contributed by atoms with Gasteiger partial charge in [0.25, 0.3) is 0 Å². The maximum atomic E-state index is 11.1. The van der Waals surface area contributed by atoms with E-state index >= 15 is 0 Å². The van der Waals surface area contributed by atoms with Crippen LogP contribution < -0.4 is 0 Å². The molecular weight excluding hydrogens is 259 g/mol. The third kappa shape index (κ3) is 2.43. The lowest BCUT2D eigenvalue weighted by atomic mass is 10.00. The predicted molar refractivity (Wildman–Crippen MR) is 68.9 cm³/mol. The minimum absolute atomic E-state index is 0.242. The molecule has 4 heteroatoms. The quantitative estimate of drug-likeness (QED) is 0.877. The van der Waals surface area contributed by atoms with Crippen molar-refractivity contribution in [1.82, 2.24) is 0 Å². The first-order valence-electron chi connectivity index (χ1n) is 4.87. The molecule has 0 heterocycles. The van der Waals surface area contributed by atoms with Crippen molar-refractivity contribution in [3.05, 3.63) is 58.1 Å². The number of halogens is 2. The molecule has 86 valence electrons. The zero-order valence-electron chi connectivity index (χ0n) is 8.65. The first kappa shape index (κ1) is 12.0. The molecule has 0 amide bonds. The van der Waals surface area contributed by atoms with Crippen LogP contribution in [0.2, 0.25) is 10.0 Å². The van der Waals surface area contributed by atoms with Crippen LogP contribution in [0.25, 0.3) is 11.1 Å². The van der Waals surface area contributed by atoms with Crippen molar-refractivity contribution in [2.45, 2.75) is 0 Å². The fourth-order valence-corrected chi connectivity index (χ4v) is 1.88. The van der Waals surface area contributed by atoms with Crippen LogP contribution in [0.15, 0.2) is 42.5 Å². The van der Waals surface area contributed by atoms with Gasteiger partial charge in [0.2, 0.25) is 0 Å². The maximum Gasteiger partial charge on any atom is 0.336 e. The van der Waals surface area contributed by atoms with Gasteiger partial charge in [0.1, 0.15) is 0 Å². The van der Waals surface area contributed by atoms with Crippen LogP contribution in [-0.4, -0.2) is 11.1 Å².